The lowest BCUT2D eigenvalue weighted by Gasteiger charge is -2.07. The van der Waals surface area contributed by atoms with Gasteiger partial charge in [0, 0.05) is 6.61 Å². The monoisotopic (exact) mass is 181 g/mol. The van der Waals surface area contributed by atoms with Crippen molar-refractivity contribution in [2.75, 3.05) is 6.61 Å². The molecule has 1 rings (SSSR count). The number of hydrogen-bond donors (Lipinski definition) is 2. The van der Waals surface area contributed by atoms with Crippen molar-refractivity contribution in [1.29, 1.82) is 0 Å². The van der Waals surface area contributed by atoms with Gasteiger partial charge in [0.15, 0.2) is 0 Å². The van der Waals surface area contributed by atoms with Gasteiger partial charge in [-0.25, -0.2) is 0 Å². The van der Waals surface area contributed by atoms with Crippen LogP contribution >= 0.6 is 0 Å². The summed E-state index contributed by atoms with van der Waals surface area (Å²) >= 11 is 0. The van der Waals surface area contributed by atoms with Crippen molar-refractivity contribution in [3.05, 3.63) is 34.9 Å². The van der Waals surface area contributed by atoms with E-state index < -0.39 is 0 Å². The topological polar surface area (TPSA) is 55.2 Å². The van der Waals surface area contributed by atoms with E-state index in [1.54, 1.807) is 0 Å². The lowest BCUT2D eigenvalue weighted by atomic mass is 9.99. The first kappa shape index (κ1) is 12.1. The lowest BCUT2D eigenvalue weighted by molar-refractivity contribution is 0.288. The molecule has 1 aromatic rings. The van der Waals surface area contributed by atoms with Gasteiger partial charge in [-0.3, -0.25) is 0 Å². The van der Waals surface area contributed by atoms with Crippen LogP contribution in [0, 0.1) is 13.8 Å². The molecule has 0 saturated carbocycles. The third-order valence-corrected chi connectivity index (χ3v) is 2.23. The molecular formula is C11H19NO. The van der Waals surface area contributed by atoms with Crippen LogP contribution in [0.25, 0.3) is 0 Å². The largest absolute Gasteiger partial charge is 0.396 e. The third-order valence-electron chi connectivity index (χ3n) is 2.23. The first-order valence-electron chi connectivity index (χ1n) is 4.41. The normalized spacial score (nSPS) is 9.46. The zero-order chi connectivity index (χ0) is 8.97. The Hall–Kier alpha value is -0.860. The maximum Gasteiger partial charge on any atom is 0.0434 e. The fourth-order valence-electron chi connectivity index (χ4n) is 1.50. The van der Waals surface area contributed by atoms with Crippen LogP contribution < -0.4 is 6.15 Å². The number of rotatable bonds is 3. The van der Waals surface area contributed by atoms with Crippen LogP contribution in [0.2, 0.25) is 0 Å². The quantitative estimate of drug-likeness (QED) is 0.752. The van der Waals surface area contributed by atoms with Crippen molar-refractivity contribution in [2.45, 2.75) is 26.7 Å². The Labute approximate surface area is 80.2 Å². The van der Waals surface area contributed by atoms with Crippen LogP contribution in [0.15, 0.2) is 18.2 Å². The van der Waals surface area contributed by atoms with E-state index in [1.807, 2.05) is 0 Å². The second kappa shape index (κ2) is 5.73. The molecule has 0 bridgehead atoms. The molecule has 0 atom stereocenters. The van der Waals surface area contributed by atoms with Crippen molar-refractivity contribution in [1.82, 2.24) is 6.15 Å². The van der Waals surface area contributed by atoms with E-state index in [4.69, 9.17) is 5.11 Å². The summed E-state index contributed by atoms with van der Waals surface area (Å²) in [6.45, 7) is 4.53. The number of hydrogen-bond acceptors (Lipinski definition) is 2. The molecule has 1 aromatic carbocycles. The molecule has 0 unspecified atom stereocenters. The van der Waals surface area contributed by atoms with E-state index in [0.29, 0.717) is 0 Å². The van der Waals surface area contributed by atoms with Crippen molar-refractivity contribution in [3.8, 4) is 0 Å². The van der Waals surface area contributed by atoms with E-state index in [2.05, 4.69) is 32.0 Å². The molecule has 2 nitrogen and oxygen atoms in total. The highest BCUT2D eigenvalue weighted by Gasteiger charge is 2.00. The fraction of sp³-hybridized carbons (Fsp3) is 0.455. The number of aryl methyl sites for hydroxylation is 2. The van der Waals surface area contributed by atoms with Crippen molar-refractivity contribution >= 4 is 0 Å². The van der Waals surface area contributed by atoms with Gasteiger partial charge in [0.05, 0.1) is 0 Å². The van der Waals surface area contributed by atoms with Gasteiger partial charge in [0.25, 0.3) is 0 Å². The SMILES string of the molecule is Cc1cccc(C)c1CCCO.N. The summed E-state index contributed by atoms with van der Waals surface area (Å²) in [5.74, 6) is 0. The van der Waals surface area contributed by atoms with Crippen LogP contribution in [-0.2, 0) is 6.42 Å². The fourth-order valence-corrected chi connectivity index (χ4v) is 1.50. The highest BCUT2D eigenvalue weighted by molar-refractivity contribution is 5.33. The summed E-state index contributed by atoms with van der Waals surface area (Å²) < 4.78 is 0. The number of benzene rings is 1. The molecule has 0 radical (unpaired) electrons. The molecule has 0 aromatic heterocycles. The summed E-state index contributed by atoms with van der Waals surface area (Å²) in [6.07, 6.45) is 1.86. The molecular weight excluding hydrogens is 162 g/mol. The Kier molecular flexibility index (Phi) is 5.35. The van der Waals surface area contributed by atoms with E-state index >= 15 is 0 Å². The Bertz CT molecular complexity index is 238. The Morgan fingerprint density at radius 1 is 1.15 bits per heavy atom. The van der Waals surface area contributed by atoms with Crippen molar-refractivity contribution < 1.29 is 5.11 Å². The average Bonchev–Trinajstić information content (AvgIpc) is 2.04. The van der Waals surface area contributed by atoms with Crippen LogP contribution in [-0.4, -0.2) is 11.7 Å². The summed E-state index contributed by atoms with van der Waals surface area (Å²) in [4.78, 5) is 0. The molecule has 74 valence electrons. The van der Waals surface area contributed by atoms with Crippen LogP contribution in [0.1, 0.15) is 23.1 Å². The average molecular weight is 181 g/mol. The molecule has 0 aliphatic carbocycles. The van der Waals surface area contributed by atoms with Crippen LogP contribution in [0.4, 0.5) is 0 Å². The first-order valence-corrected chi connectivity index (χ1v) is 4.41. The van der Waals surface area contributed by atoms with Gasteiger partial charge < -0.3 is 11.3 Å². The van der Waals surface area contributed by atoms with Crippen molar-refractivity contribution in [2.24, 2.45) is 0 Å². The molecule has 0 aliphatic heterocycles. The zero-order valence-electron chi connectivity index (χ0n) is 8.51. The van der Waals surface area contributed by atoms with E-state index in [9.17, 15) is 0 Å². The Balaban J connectivity index is 0.00000144. The standard InChI is InChI=1S/C11H16O.H3N/c1-9-5-3-6-10(2)11(9)7-4-8-12;/h3,5-6,12H,4,7-8H2,1-2H3;1H3. The van der Waals surface area contributed by atoms with Gasteiger partial charge in [0.2, 0.25) is 0 Å². The van der Waals surface area contributed by atoms with Crippen LogP contribution in [0.5, 0.6) is 0 Å². The molecule has 0 spiro atoms. The molecule has 4 N–H and O–H groups in total. The molecule has 0 aliphatic rings. The predicted molar refractivity (Wildman–Crippen MR) is 56.3 cm³/mol. The summed E-state index contributed by atoms with van der Waals surface area (Å²) in [7, 11) is 0. The number of aliphatic hydroxyl groups excluding tert-OH is 1. The molecule has 0 fully saturated rings. The third kappa shape index (κ3) is 3.17. The minimum Gasteiger partial charge on any atom is -0.396 e. The highest BCUT2D eigenvalue weighted by atomic mass is 16.2. The van der Waals surface area contributed by atoms with E-state index in [1.165, 1.54) is 16.7 Å². The maximum atomic E-state index is 8.71. The Morgan fingerprint density at radius 2 is 1.69 bits per heavy atom. The van der Waals surface area contributed by atoms with Gasteiger partial charge in [-0.1, -0.05) is 18.2 Å². The first-order chi connectivity index (χ1) is 5.75. The van der Waals surface area contributed by atoms with Gasteiger partial charge in [0.1, 0.15) is 0 Å². The highest BCUT2D eigenvalue weighted by Crippen LogP contribution is 2.14. The predicted octanol–water partition coefficient (Wildman–Crippen LogP) is 2.39. The number of aliphatic hydroxyl groups is 1. The maximum absolute atomic E-state index is 8.71. The molecule has 0 heterocycles. The summed E-state index contributed by atoms with van der Waals surface area (Å²) in [5.41, 5.74) is 4.07. The Morgan fingerprint density at radius 3 is 2.15 bits per heavy atom. The van der Waals surface area contributed by atoms with Crippen molar-refractivity contribution in [3.63, 3.8) is 0 Å². The van der Waals surface area contributed by atoms with Gasteiger partial charge in [-0.15, -0.1) is 0 Å². The molecule has 13 heavy (non-hydrogen) atoms. The minimum absolute atomic E-state index is 0. The van der Waals surface area contributed by atoms with E-state index in [0.717, 1.165) is 12.8 Å². The zero-order valence-corrected chi connectivity index (χ0v) is 8.51. The summed E-state index contributed by atoms with van der Waals surface area (Å²) in [6, 6.07) is 6.33. The lowest BCUT2D eigenvalue weighted by Crippen LogP contribution is -1.95. The van der Waals surface area contributed by atoms with Crippen LogP contribution in [0.3, 0.4) is 0 Å². The van der Waals surface area contributed by atoms with E-state index in [-0.39, 0.29) is 12.8 Å². The second-order valence-electron chi connectivity index (χ2n) is 3.20. The second-order valence-corrected chi connectivity index (χ2v) is 3.20. The smallest absolute Gasteiger partial charge is 0.0434 e. The molecule has 2 heteroatoms. The summed E-state index contributed by atoms with van der Waals surface area (Å²) in [5, 5.41) is 8.71. The van der Waals surface area contributed by atoms with Gasteiger partial charge in [-0.2, -0.15) is 0 Å². The van der Waals surface area contributed by atoms with Gasteiger partial charge in [-0.05, 0) is 43.4 Å². The molecule has 0 amide bonds. The minimum atomic E-state index is 0. The molecule has 0 saturated heterocycles. The van der Waals surface area contributed by atoms with Gasteiger partial charge >= 0.3 is 0 Å².